The van der Waals surface area contributed by atoms with Gasteiger partial charge in [-0.05, 0) is 37.1 Å². The normalized spacial score (nSPS) is 25.9. The van der Waals surface area contributed by atoms with Gasteiger partial charge in [-0.1, -0.05) is 34.1 Å². The summed E-state index contributed by atoms with van der Waals surface area (Å²) in [6.07, 6.45) is 3.45. The Hall–Kier alpha value is -0.610. The molecule has 1 rings (SSSR count). The Morgan fingerprint density at radius 2 is 2.16 bits per heavy atom. The maximum Gasteiger partial charge on any atom is 0.237 e. The summed E-state index contributed by atoms with van der Waals surface area (Å²) in [7, 11) is 0. The number of rotatable bonds is 5. The second kappa shape index (κ2) is 7.25. The zero-order valence-corrected chi connectivity index (χ0v) is 12.8. The van der Waals surface area contributed by atoms with Crippen molar-refractivity contribution in [2.75, 3.05) is 13.1 Å². The second-order valence-corrected chi connectivity index (χ2v) is 6.97. The molecule has 1 aliphatic heterocycles. The number of carbonyl (C=O) groups excluding carboxylic acids is 1. The van der Waals surface area contributed by atoms with Crippen LogP contribution in [0, 0.1) is 11.3 Å². The van der Waals surface area contributed by atoms with Crippen molar-refractivity contribution >= 4 is 5.91 Å². The highest BCUT2D eigenvalue weighted by atomic mass is 16.3. The number of amides is 1. The Kier molecular flexibility index (Phi) is 6.27. The lowest BCUT2D eigenvalue weighted by Gasteiger charge is -2.29. The minimum Gasteiger partial charge on any atom is -0.391 e. The third-order valence-electron chi connectivity index (χ3n) is 3.77. The number of hydrogen-bond donors (Lipinski definition) is 3. The van der Waals surface area contributed by atoms with E-state index >= 15 is 0 Å². The highest BCUT2D eigenvalue weighted by Gasteiger charge is 2.26. The summed E-state index contributed by atoms with van der Waals surface area (Å²) in [4.78, 5) is 12.0. The Labute approximate surface area is 117 Å². The number of piperidine rings is 1. The van der Waals surface area contributed by atoms with Crippen molar-refractivity contribution in [3.63, 3.8) is 0 Å². The van der Waals surface area contributed by atoms with Crippen LogP contribution < -0.4 is 10.6 Å². The molecule has 0 spiro atoms. The van der Waals surface area contributed by atoms with Crippen molar-refractivity contribution in [2.24, 2.45) is 11.3 Å². The lowest BCUT2D eigenvalue weighted by atomic mass is 9.89. The van der Waals surface area contributed by atoms with E-state index in [-0.39, 0.29) is 17.4 Å². The molecule has 0 bridgehead atoms. The molecular formula is C15H30N2O2. The zero-order chi connectivity index (χ0) is 14.5. The summed E-state index contributed by atoms with van der Waals surface area (Å²) in [6.45, 7) is 9.72. The summed E-state index contributed by atoms with van der Waals surface area (Å²) in [5, 5.41) is 16.0. The SMILES string of the molecule is CCC1CCNC(C(=O)NCC(O)CC(C)(C)C)C1. The summed E-state index contributed by atoms with van der Waals surface area (Å²) in [5.74, 6) is 0.683. The lowest BCUT2D eigenvalue weighted by molar-refractivity contribution is -0.124. The molecule has 0 aromatic rings. The summed E-state index contributed by atoms with van der Waals surface area (Å²) in [6, 6.07) is -0.0828. The van der Waals surface area contributed by atoms with Gasteiger partial charge in [0.25, 0.3) is 0 Å². The highest BCUT2D eigenvalue weighted by Crippen LogP contribution is 2.21. The Balaban J connectivity index is 2.30. The van der Waals surface area contributed by atoms with Gasteiger partial charge in [0, 0.05) is 6.54 Å². The molecule has 3 unspecified atom stereocenters. The zero-order valence-electron chi connectivity index (χ0n) is 12.8. The van der Waals surface area contributed by atoms with E-state index in [0.29, 0.717) is 18.9 Å². The van der Waals surface area contributed by atoms with Crippen molar-refractivity contribution in [2.45, 2.75) is 65.5 Å². The van der Waals surface area contributed by atoms with Gasteiger partial charge in [0.1, 0.15) is 0 Å². The van der Waals surface area contributed by atoms with Gasteiger partial charge in [0.2, 0.25) is 5.91 Å². The molecule has 1 amide bonds. The molecule has 1 saturated heterocycles. The van der Waals surface area contributed by atoms with Crippen molar-refractivity contribution in [1.29, 1.82) is 0 Å². The van der Waals surface area contributed by atoms with Crippen LogP contribution in [0.5, 0.6) is 0 Å². The van der Waals surface area contributed by atoms with E-state index in [0.717, 1.165) is 25.8 Å². The summed E-state index contributed by atoms with van der Waals surface area (Å²) >= 11 is 0. The van der Waals surface area contributed by atoms with Crippen molar-refractivity contribution in [3.05, 3.63) is 0 Å². The largest absolute Gasteiger partial charge is 0.391 e. The Morgan fingerprint density at radius 1 is 1.47 bits per heavy atom. The van der Waals surface area contributed by atoms with Gasteiger partial charge in [-0.3, -0.25) is 4.79 Å². The van der Waals surface area contributed by atoms with Crippen molar-refractivity contribution < 1.29 is 9.90 Å². The third kappa shape index (κ3) is 6.39. The maximum absolute atomic E-state index is 12.0. The van der Waals surface area contributed by atoms with Crippen molar-refractivity contribution in [1.82, 2.24) is 10.6 Å². The van der Waals surface area contributed by atoms with Crippen LogP contribution >= 0.6 is 0 Å². The average Bonchev–Trinajstić information content (AvgIpc) is 2.34. The number of hydrogen-bond acceptors (Lipinski definition) is 3. The number of nitrogens with one attached hydrogen (secondary N) is 2. The Morgan fingerprint density at radius 3 is 2.74 bits per heavy atom. The minimum absolute atomic E-state index is 0.0334. The topological polar surface area (TPSA) is 61.4 Å². The smallest absolute Gasteiger partial charge is 0.237 e. The fourth-order valence-corrected chi connectivity index (χ4v) is 2.69. The monoisotopic (exact) mass is 270 g/mol. The molecular weight excluding hydrogens is 240 g/mol. The average molecular weight is 270 g/mol. The fourth-order valence-electron chi connectivity index (χ4n) is 2.69. The molecule has 4 heteroatoms. The van der Waals surface area contributed by atoms with E-state index in [9.17, 15) is 9.90 Å². The highest BCUT2D eigenvalue weighted by molar-refractivity contribution is 5.81. The van der Waals surface area contributed by atoms with Gasteiger partial charge in [0.15, 0.2) is 0 Å². The molecule has 1 fully saturated rings. The van der Waals surface area contributed by atoms with Crippen LogP contribution in [-0.4, -0.2) is 36.2 Å². The van der Waals surface area contributed by atoms with E-state index in [1.54, 1.807) is 0 Å². The molecule has 112 valence electrons. The van der Waals surface area contributed by atoms with Gasteiger partial charge < -0.3 is 15.7 Å². The lowest BCUT2D eigenvalue weighted by Crippen LogP contribution is -2.50. The number of carbonyl (C=O) groups is 1. The predicted molar refractivity (Wildman–Crippen MR) is 77.9 cm³/mol. The van der Waals surface area contributed by atoms with Crippen LogP contribution in [0.25, 0.3) is 0 Å². The number of aliphatic hydroxyl groups is 1. The molecule has 0 aromatic heterocycles. The van der Waals surface area contributed by atoms with Gasteiger partial charge in [-0.25, -0.2) is 0 Å². The van der Waals surface area contributed by atoms with E-state index in [1.165, 1.54) is 0 Å². The minimum atomic E-state index is -0.463. The molecule has 0 aliphatic carbocycles. The fraction of sp³-hybridized carbons (Fsp3) is 0.933. The van der Waals surface area contributed by atoms with E-state index < -0.39 is 6.10 Å². The quantitative estimate of drug-likeness (QED) is 0.712. The molecule has 0 saturated carbocycles. The van der Waals surface area contributed by atoms with Crippen LogP contribution in [0.2, 0.25) is 0 Å². The first-order chi connectivity index (χ1) is 8.81. The number of aliphatic hydroxyl groups excluding tert-OH is 1. The molecule has 0 radical (unpaired) electrons. The van der Waals surface area contributed by atoms with Crippen LogP contribution in [0.15, 0.2) is 0 Å². The van der Waals surface area contributed by atoms with Crippen LogP contribution in [0.1, 0.15) is 53.4 Å². The molecule has 1 heterocycles. The van der Waals surface area contributed by atoms with Gasteiger partial charge in [0.05, 0.1) is 12.1 Å². The second-order valence-electron chi connectivity index (χ2n) is 6.97. The standard InChI is InChI=1S/C15H30N2O2/c1-5-11-6-7-16-13(8-11)14(19)17-10-12(18)9-15(2,3)4/h11-13,16,18H,5-10H2,1-4H3,(H,17,19). The van der Waals surface area contributed by atoms with Crippen LogP contribution in [-0.2, 0) is 4.79 Å². The van der Waals surface area contributed by atoms with Gasteiger partial charge in [-0.2, -0.15) is 0 Å². The Bertz CT molecular complexity index is 286. The molecule has 3 atom stereocenters. The van der Waals surface area contributed by atoms with Gasteiger partial charge >= 0.3 is 0 Å². The first-order valence-electron chi connectivity index (χ1n) is 7.51. The van der Waals surface area contributed by atoms with Crippen LogP contribution in [0.4, 0.5) is 0 Å². The maximum atomic E-state index is 12.0. The van der Waals surface area contributed by atoms with E-state index in [4.69, 9.17) is 0 Å². The molecule has 4 nitrogen and oxygen atoms in total. The summed E-state index contributed by atoms with van der Waals surface area (Å²) < 4.78 is 0. The first kappa shape index (κ1) is 16.4. The van der Waals surface area contributed by atoms with Crippen LogP contribution in [0.3, 0.4) is 0 Å². The third-order valence-corrected chi connectivity index (χ3v) is 3.77. The summed E-state index contributed by atoms with van der Waals surface area (Å²) in [5.41, 5.74) is 0.0839. The predicted octanol–water partition coefficient (Wildman–Crippen LogP) is 1.68. The molecule has 1 aliphatic rings. The molecule has 19 heavy (non-hydrogen) atoms. The van der Waals surface area contributed by atoms with Crippen molar-refractivity contribution in [3.8, 4) is 0 Å². The molecule has 0 aromatic carbocycles. The first-order valence-corrected chi connectivity index (χ1v) is 7.51. The van der Waals surface area contributed by atoms with E-state index in [1.807, 2.05) is 0 Å². The van der Waals surface area contributed by atoms with E-state index in [2.05, 4.69) is 38.3 Å². The molecule has 3 N–H and O–H groups in total. The van der Waals surface area contributed by atoms with Gasteiger partial charge in [-0.15, -0.1) is 0 Å².